The first kappa shape index (κ1) is 15.9. The van der Waals surface area contributed by atoms with Gasteiger partial charge in [-0.05, 0) is 58.9 Å². The molecule has 0 amide bonds. The molecule has 0 unspecified atom stereocenters. The molecule has 3 aromatic rings. The van der Waals surface area contributed by atoms with Gasteiger partial charge in [0.05, 0.1) is 6.04 Å². The normalized spacial score (nSPS) is 23.2. The molecule has 0 saturated carbocycles. The van der Waals surface area contributed by atoms with E-state index in [0.29, 0.717) is 17.9 Å². The second-order valence-corrected chi connectivity index (χ2v) is 8.11. The van der Waals surface area contributed by atoms with Gasteiger partial charge in [-0.2, -0.15) is 0 Å². The van der Waals surface area contributed by atoms with E-state index in [1.807, 2.05) is 0 Å². The van der Waals surface area contributed by atoms with E-state index in [4.69, 9.17) is 0 Å². The van der Waals surface area contributed by atoms with Crippen molar-refractivity contribution in [3.8, 4) is 11.1 Å². The van der Waals surface area contributed by atoms with Crippen LogP contribution in [-0.2, 0) is 0 Å². The molecule has 0 radical (unpaired) electrons. The average molecular weight is 402 g/mol. The molecule has 1 heterocycles. The Morgan fingerprint density at radius 2 is 1.65 bits per heavy atom. The Hall–Kier alpha value is -2.32. The lowest BCUT2D eigenvalue weighted by Gasteiger charge is -2.37. The van der Waals surface area contributed by atoms with Gasteiger partial charge in [-0.1, -0.05) is 76.6 Å². The lowest BCUT2D eigenvalue weighted by Crippen LogP contribution is -2.29. The van der Waals surface area contributed by atoms with Crippen LogP contribution in [0.15, 0.2) is 89.4 Å². The van der Waals surface area contributed by atoms with Crippen LogP contribution in [0.5, 0.6) is 0 Å². The molecule has 0 spiro atoms. The summed E-state index contributed by atoms with van der Waals surface area (Å²) in [6, 6.07) is 26.6. The Morgan fingerprint density at radius 1 is 0.846 bits per heavy atom. The van der Waals surface area contributed by atoms with Crippen LogP contribution in [0.1, 0.15) is 29.5 Å². The number of benzene rings is 3. The zero-order valence-electron chi connectivity index (χ0n) is 14.4. The first-order valence-electron chi connectivity index (χ1n) is 9.17. The van der Waals surface area contributed by atoms with Gasteiger partial charge in [0.1, 0.15) is 0 Å². The quantitative estimate of drug-likeness (QED) is 0.458. The zero-order chi connectivity index (χ0) is 17.5. The number of anilines is 1. The Morgan fingerprint density at radius 3 is 2.46 bits per heavy atom. The predicted molar refractivity (Wildman–Crippen MR) is 112 cm³/mol. The fourth-order valence-electron chi connectivity index (χ4n) is 4.40. The summed E-state index contributed by atoms with van der Waals surface area (Å²) < 4.78 is 1.13. The molecule has 128 valence electrons. The summed E-state index contributed by atoms with van der Waals surface area (Å²) in [5.74, 6) is 1.07. The van der Waals surface area contributed by atoms with Crippen molar-refractivity contribution in [2.45, 2.75) is 18.4 Å². The van der Waals surface area contributed by atoms with Crippen molar-refractivity contribution < 1.29 is 0 Å². The van der Waals surface area contributed by atoms with E-state index >= 15 is 0 Å². The number of allylic oxidation sites excluding steroid dienone is 2. The summed E-state index contributed by atoms with van der Waals surface area (Å²) in [6.45, 7) is 0. The number of hydrogen-bond donors (Lipinski definition) is 1. The maximum absolute atomic E-state index is 3.83. The topological polar surface area (TPSA) is 12.0 Å². The molecule has 2 aliphatic rings. The molecule has 5 rings (SSSR count). The highest BCUT2D eigenvalue weighted by Crippen LogP contribution is 2.50. The van der Waals surface area contributed by atoms with E-state index in [0.717, 1.165) is 10.9 Å². The first-order chi connectivity index (χ1) is 12.8. The van der Waals surface area contributed by atoms with Crippen molar-refractivity contribution in [2.24, 2.45) is 5.92 Å². The average Bonchev–Trinajstić information content (AvgIpc) is 3.19. The number of fused-ring (bicyclic) bond motifs is 3. The highest BCUT2D eigenvalue weighted by atomic mass is 79.9. The molecule has 2 heteroatoms. The number of halogens is 1. The third-order valence-corrected chi connectivity index (χ3v) is 6.23. The Balaban J connectivity index is 1.56. The van der Waals surface area contributed by atoms with E-state index in [9.17, 15) is 0 Å². The van der Waals surface area contributed by atoms with Crippen molar-refractivity contribution in [3.63, 3.8) is 0 Å². The summed E-state index contributed by atoms with van der Waals surface area (Å²) in [5.41, 5.74) is 6.64. The number of nitrogens with one attached hydrogen (secondary N) is 1. The molecular formula is C24H20BrN. The SMILES string of the molecule is Brc1ccc([C@@H]2Nc3ccc(-c4ccccc4)cc3[C@@H]3C=CC[C@@H]32)cc1. The Kier molecular flexibility index (Phi) is 3.94. The third kappa shape index (κ3) is 2.69. The third-order valence-electron chi connectivity index (χ3n) is 5.70. The maximum atomic E-state index is 3.83. The Labute approximate surface area is 162 Å². The molecule has 26 heavy (non-hydrogen) atoms. The first-order valence-corrected chi connectivity index (χ1v) is 9.97. The summed E-state index contributed by atoms with van der Waals surface area (Å²) in [6.07, 6.45) is 5.89. The Bertz CT molecular complexity index is 959. The van der Waals surface area contributed by atoms with Crippen LogP contribution in [0, 0.1) is 5.92 Å². The minimum atomic E-state index is 0.359. The molecule has 1 aliphatic heterocycles. The van der Waals surface area contributed by atoms with E-state index in [1.54, 1.807) is 0 Å². The van der Waals surface area contributed by atoms with Crippen LogP contribution in [0.2, 0.25) is 0 Å². The fraction of sp³-hybridized carbons (Fsp3) is 0.167. The maximum Gasteiger partial charge on any atom is 0.0553 e. The minimum Gasteiger partial charge on any atom is -0.378 e. The van der Waals surface area contributed by atoms with Gasteiger partial charge in [0, 0.05) is 16.1 Å². The molecule has 3 atom stereocenters. The second kappa shape index (κ2) is 6.44. The van der Waals surface area contributed by atoms with Crippen molar-refractivity contribution >= 4 is 21.6 Å². The van der Waals surface area contributed by atoms with Crippen LogP contribution in [0.3, 0.4) is 0 Å². The molecule has 1 N–H and O–H groups in total. The molecule has 0 aromatic heterocycles. The van der Waals surface area contributed by atoms with Gasteiger partial charge in [0.25, 0.3) is 0 Å². The molecule has 0 saturated heterocycles. The van der Waals surface area contributed by atoms with E-state index in [-0.39, 0.29) is 0 Å². The van der Waals surface area contributed by atoms with Crippen molar-refractivity contribution in [3.05, 3.63) is 101 Å². The lowest BCUT2D eigenvalue weighted by molar-refractivity contribution is 0.425. The molecular weight excluding hydrogens is 382 g/mol. The fourth-order valence-corrected chi connectivity index (χ4v) is 4.67. The van der Waals surface area contributed by atoms with E-state index in [1.165, 1.54) is 27.9 Å². The molecule has 1 nitrogen and oxygen atoms in total. The van der Waals surface area contributed by atoms with Crippen molar-refractivity contribution in [1.29, 1.82) is 0 Å². The summed E-state index contributed by atoms with van der Waals surface area (Å²) in [5, 5.41) is 3.83. The lowest BCUT2D eigenvalue weighted by atomic mass is 9.76. The van der Waals surface area contributed by atoms with Gasteiger partial charge >= 0.3 is 0 Å². The molecule has 0 fully saturated rings. The van der Waals surface area contributed by atoms with E-state index in [2.05, 4.69) is 106 Å². The van der Waals surface area contributed by atoms with Gasteiger partial charge in [0.15, 0.2) is 0 Å². The largest absolute Gasteiger partial charge is 0.378 e. The summed E-state index contributed by atoms with van der Waals surface area (Å²) in [4.78, 5) is 0. The predicted octanol–water partition coefficient (Wildman–Crippen LogP) is 6.94. The van der Waals surface area contributed by atoms with Gasteiger partial charge in [-0.3, -0.25) is 0 Å². The van der Waals surface area contributed by atoms with Gasteiger partial charge in [0.2, 0.25) is 0 Å². The van der Waals surface area contributed by atoms with Crippen LogP contribution in [-0.4, -0.2) is 0 Å². The van der Waals surface area contributed by atoms with Crippen LogP contribution < -0.4 is 5.32 Å². The molecule has 3 aromatic carbocycles. The van der Waals surface area contributed by atoms with Crippen LogP contribution in [0.4, 0.5) is 5.69 Å². The second-order valence-electron chi connectivity index (χ2n) is 7.20. The van der Waals surface area contributed by atoms with Crippen LogP contribution in [0.25, 0.3) is 11.1 Å². The monoisotopic (exact) mass is 401 g/mol. The van der Waals surface area contributed by atoms with Gasteiger partial charge in [-0.25, -0.2) is 0 Å². The van der Waals surface area contributed by atoms with E-state index < -0.39 is 0 Å². The van der Waals surface area contributed by atoms with Gasteiger partial charge < -0.3 is 5.32 Å². The number of hydrogen-bond acceptors (Lipinski definition) is 1. The van der Waals surface area contributed by atoms with Gasteiger partial charge in [-0.15, -0.1) is 0 Å². The smallest absolute Gasteiger partial charge is 0.0553 e. The zero-order valence-corrected chi connectivity index (χ0v) is 16.0. The van der Waals surface area contributed by atoms with Crippen molar-refractivity contribution in [1.82, 2.24) is 0 Å². The summed E-state index contributed by atoms with van der Waals surface area (Å²) in [7, 11) is 0. The summed E-state index contributed by atoms with van der Waals surface area (Å²) >= 11 is 3.55. The van der Waals surface area contributed by atoms with Crippen molar-refractivity contribution in [2.75, 3.05) is 5.32 Å². The molecule has 1 aliphatic carbocycles. The van der Waals surface area contributed by atoms with Crippen LogP contribution >= 0.6 is 15.9 Å². The minimum absolute atomic E-state index is 0.359. The number of rotatable bonds is 2. The highest BCUT2D eigenvalue weighted by molar-refractivity contribution is 9.10. The molecule has 0 bridgehead atoms. The highest BCUT2D eigenvalue weighted by Gasteiger charge is 2.37. The standard InChI is InChI=1S/C24H20BrN/c25-19-12-9-17(10-13-19)24-21-8-4-7-20(21)22-15-18(11-14-23(22)26-24)16-5-2-1-3-6-16/h1-7,9-15,20-21,24,26H,8H2/t20-,21+,24+/m1/s1.